The highest BCUT2D eigenvalue weighted by molar-refractivity contribution is 5.73. The molecule has 0 aliphatic rings. The Morgan fingerprint density at radius 3 is 2.21 bits per heavy atom. The lowest BCUT2D eigenvalue weighted by molar-refractivity contribution is -0.139. The summed E-state index contributed by atoms with van der Waals surface area (Å²) in [5.74, 6) is -0.946. The van der Waals surface area contributed by atoms with E-state index in [0.717, 1.165) is 0 Å². The lowest BCUT2D eigenvalue weighted by Crippen LogP contribution is -2.47. The summed E-state index contributed by atoms with van der Waals surface area (Å²) in [5.41, 5.74) is 5.59. The number of nitrogens with two attached hydrogens (primary N) is 1. The first-order chi connectivity index (χ1) is 6.16. The monoisotopic (exact) mass is 202 g/mol. The van der Waals surface area contributed by atoms with Crippen LogP contribution in [0.15, 0.2) is 0 Å². The Hall–Kier alpha value is -0.610. The van der Waals surface area contributed by atoms with Crippen LogP contribution in [0.3, 0.4) is 0 Å². The van der Waals surface area contributed by atoms with Crippen molar-refractivity contribution in [3.63, 3.8) is 0 Å². The zero-order chi connectivity index (χ0) is 11.5. The van der Waals surface area contributed by atoms with Gasteiger partial charge in [0.1, 0.15) is 6.04 Å². The van der Waals surface area contributed by atoms with E-state index in [4.69, 9.17) is 10.8 Å². The predicted octanol–water partition coefficient (Wildman–Crippen LogP) is 0.765. The molecular formula is C10H22N2O2. The smallest absolute Gasteiger partial charge is 0.321 e. The molecule has 0 spiro atoms. The fourth-order valence-electron chi connectivity index (χ4n) is 1.21. The number of hydrogen-bond acceptors (Lipinski definition) is 3. The number of nitrogens with zero attached hydrogens (tertiary/aromatic N) is 1. The van der Waals surface area contributed by atoms with Gasteiger partial charge in [-0.15, -0.1) is 0 Å². The van der Waals surface area contributed by atoms with Gasteiger partial charge in [0.25, 0.3) is 0 Å². The summed E-state index contributed by atoms with van der Waals surface area (Å²) in [4.78, 5) is 12.5. The Morgan fingerprint density at radius 2 is 1.93 bits per heavy atom. The van der Waals surface area contributed by atoms with Crippen LogP contribution in [-0.2, 0) is 4.79 Å². The molecule has 3 N–H and O–H groups in total. The average Bonchev–Trinajstić information content (AvgIpc) is 2.00. The summed E-state index contributed by atoms with van der Waals surface area (Å²) in [6, 6.07) is -0.502. The van der Waals surface area contributed by atoms with Gasteiger partial charge in [-0.25, -0.2) is 0 Å². The van der Waals surface area contributed by atoms with Crippen LogP contribution in [0, 0.1) is 5.41 Å². The normalized spacial score (nSPS) is 16.8. The van der Waals surface area contributed by atoms with Crippen LogP contribution < -0.4 is 5.73 Å². The molecule has 0 amide bonds. The molecule has 0 aromatic heterocycles. The standard InChI is InChI=1S/C10H22N2O2/c1-7(10(2,3)4)12(5)6-8(11)9(13)14/h7-8H,6,11H2,1-5H3,(H,13,14). The topological polar surface area (TPSA) is 66.6 Å². The van der Waals surface area contributed by atoms with Crippen molar-refractivity contribution in [3.8, 4) is 0 Å². The maximum atomic E-state index is 10.6. The van der Waals surface area contributed by atoms with Crippen LogP contribution in [0.2, 0.25) is 0 Å². The first-order valence-electron chi connectivity index (χ1n) is 4.85. The zero-order valence-corrected chi connectivity index (χ0v) is 9.74. The average molecular weight is 202 g/mol. The van der Waals surface area contributed by atoms with Crippen molar-refractivity contribution in [2.24, 2.45) is 11.1 Å². The van der Waals surface area contributed by atoms with E-state index >= 15 is 0 Å². The first kappa shape index (κ1) is 13.4. The molecule has 0 rings (SSSR count). The molecule has 0 radical (unpaired) electrons. The largest absolute Gasteiger partial charge is 0.480 e. The number of carboxylic acids is 1. The molecule has 0 fully saturated rings. The third kappa shape index (κ3) is 4.07. The van der Waals surface area contributed by atoms with Gasteiger partial charge in [0.2, 0.25) is 0 Å². The van der Waals surface area contributed by atoms with Crippen molar-refractivity contribution in [1.29, 1.82) is 0 Å². The molecule has 0 aromatic carbocycles. The minimum atomic E-state index is -0.946. The zero-order valence-electron chi connectivity index (χ0n) is 9.74. The maximum absolute atomic E-state index is 10.6. The van der Waals surface area contributed by atoms with E-state index in [1.165, 1.54) is 0 Å². The number of carboxylic acid groups (broad SMARTS) is 1. The molecule has 0 heterocycles. The van der Waals surface area contributed by atoms with Crippen LogP contribution in [0.1, 0.15) is 27.7 Å². The molecule has 2 atom stereocenters. The van der Waals surface area contributed by atoms with Gasteiger partial charge in [0.05, 0.1) is 0 Å². The molecule has 0 saturated heterocycles. The summed E-state index contributed by atoms with van der Waals surface area (Å²) in [6.07, 6.45) is 0. The predicted molar refractivity (Wildman–Crippen MR) is 57.2 cm³/mol. The van der Waals surface area contributed by atoms with E-state index in [2.05, 4.69) is 27.7 Å². The lowest BCUT2D eigenvalue weighted by Gasteiger charge is -2.36. The molecule has 0 aliphatic heterocycles. The van der Waals surface area contributed by atoms with Crippen LogP contribution >= 0.6 is 0 Å². The molecule has 14 heavy (non-hydrogen) atoms. The molecule has 0 aliphatic carbocycles. The number of aliphatic carboxylic acids is 1. The van der Waals surface area contributed by atoms with Crippen molar-refractivity contribution in [2.45, 2.75) is 39.8 Å². The minimum absolute atomic E-state index is 0.132. The van der Waals surface area contributed by atoms with Crippen LogP contribution in [0.5, 0.6) is 0 Å². The van der Waals surface area contributed by atoms with E-state index in [0.29, 0.717) is 12.6 Å². The van der Waals surface area contributed by atoms with Crippen molar-refractivity contribution in [3.05, 3.63) is 0 Å². The molecule has 0 saturated carbocycles. The Bertz CT molecular complexity index is 199. The highest BCUT2D eigenvalue weighted by Crippen LogP contribution is 2.22. The lowest BCUT2D eigenvalue weighted by atomic mass is 9.87. The Morgan fingerprint density at radius 1 is 1.50 bits per heavy atom. The highest BCUT2D eigenvalue weighted by Gasteiger charge is 2.26. The second-order valence-electron chi connectivity index (χ2n) is 4.93. The third-order valence-electron chi connectivity index (χ3n) is 2.72. The molecule has 84 valence electrons. The van der Waals surface area contributed by atoms with Gasteiger partial charge >= 0.3 is 5.97 Å². The van der Waals surface area contributed by atoms with Crippen molar-refractivity contribution >= 4 is 5.97 Å². The van der Waals surface area contributed by atoms with Crippen LogP contribution in [-0.4, -0.2) is 41.7 Å². The Labute approximate surface area is 86.1 Å². The summed E-state index contributed by atoms with van der Waals surface area (Å²) in [7, 11) is 1.90. The molecule has 2 unspecified atom stereocenters. The van der Waals surface area contributed by atoms with Crippen molar-refractivity contribution < 1.29 is 9.90 Å². The number of likely N-dealkylation sites (N-methyl/N-ethyl adjacent to an activating group) is 1. The second-order valence-corrected chi connectivity index (χ2v) is 4.93. The van der Waals surface area contributed by atoms with Gasteiger partial charge in [0.15, 0.2) is 0 Å². The van der Waals surface area contributed by atoms with Crippen molar-refractivity contribution in [2.75, 3.05) is 13.6 Å². The van der Waals surface area contributed by atoms with Gasteiger partial charge in [0, 0.05) is 12.6 Å². The Balaban J connectivity index is 4.21. The van der Waals surface area contributed by atoms with E-state index in [-0.39, 0.29) is 5.41 Å². The van der Waals surface area contributed by atoms with Crippen molar-refractivity contribution in [1.82, 2.24) is 4.90 Å². The Kier molecular flexibility index (Phi) is 4.55. The number of rotatable bonds is 4. The van der Waals surface area contributed by atoms with Gasteiger partial charge < -0.3 is 15.7 Å². The summed E-state index contributed by atoms with van der Waals surface area (Å²) < 4.78 is 0. The van der Waals surface area contributed by atoms with Gasteiger partial charge in [-0.1, -0.05) is 20.8 Å². The summed E-state index contributed by atoms with van der Waals surface area (Å²) in [5, 5.41) is 8.66. The second kappa shape index (κ2) is 4.75. The van der Waals surface area contributed by atoms with Gasteiger partial charge in [-0.2, -0.15) is 0 Å². The highest BCUT2D eigenvalue weighted by atomic mass is 16.4. The minimum Gasteiger partial charge on any atom is -0.480 e. The third-order valence-corrected chi connectivity index (χ3v) is 2.72. The molecule has 0 bridgehead atoms. The molecule has 4 nitrogen and oxygen atoms in total. The summed E-state index contributed by atoms with van der Waals surface area (Å²) >= 11 is 0. The van der Waals surface area contributed by atoms with E-state index in [1.807, 2.05) is 11.9 Å². The maximum Gasteiger partial charge on any atom is 0.321 e. The van der Waals surface area contributed by atoms with Gasteiger partial charge in [-0.3, -0.25) is 4.79 Å². The molecule has 4 heteroatoms. The first-order valence-corrected chi connectivity index (χ1v) is 4.85. The SMILES string of the molecule is CC(N(C)CC(N)C(=O)O)C(C)(C)C. The van der Waals surface area contributed by atoms with Crippen LogP contribution in [0.25, 0.3) is 0 Å². The van der Waals surface area contributed by atoms with E-state index < -0.39 is 12.0 Å². The fraction of sp³-hybridized carbons (Fsp3) is 0.900. The number of carbonyl (C=O) groups is 1. The quantitative estimate of drug-likeness (QED) is 0.706. The van der Waals surface area contributed by atoms with Crippen LogP contribution in [0.4, 0.5) is 0 Å². The summed E-state index contributed by atoms with van der Waals surface area (Å²) in [6.45, 7) is 8.84. The van der Waals surface area contributed by atoms with E-state index in [9.17, 15) is 4.79 Å². The fourth-order valence-corrected chi connectivity index (χ4v) is 1.21. The van der Waals surface area contributed by atoms with Gasteiger partial charge in [-0.05, 0) is 19.4 Å². The molecule has 0 aromatic rings. The van der Waals surface area contributed by atoms with E-state index in [1.54, 1.807) is 0 Å². The number of hydrogen-bond donors (Lipinski definition) is 2. The molecular weight excluding hydrogens is 180 g/mol.